The van der Waals surface area contributed by atoms with Gasteiger partial charge in [-0.2, -0.15) is 0 Å². The summed E-state index contributed by atoms with van der Waals surface area (Å²) in [6, 6.07) is 12.3. The standard InChI is InChI=1S/C25H24ClNO6/c1-27(25(13-5-4-8-22(25)28)18-6-2-3-7-19(18)26)23(29)15-31-24(30)12-10-17-9-11-20-21(14-17)33-16-32-20/h2-3,6-7,9-12,14H,4-5,8,13,15-16H2,1H3/b12-10+. The minimum absolute atomic E-state index is 0.0632. The molecule has 8 heteroatoms. The Kier molecular flexibility index (Phi) is 6.70. The van der Waals surface area contributed by atoms with Crippen LogP contribution in [0.4, 0.5) is 0 Å². The minimum atomic E-state index is -1.16. The van der Waals surface area contributed by atoms with E-state index in [9.17, 15) is 14.4 Å². The lowest BCUT2D eigenvalue weighted by Gasteiger charge is -2.43. The molecule has 0 radical (unpaired) electrons. The van der Waals surface area contributed by atoms with Gasteiger partial charge in [-0.1, -0.05) is 35.9 Å². The molecule has 33 heavy (non-hydrogen) atoms. The fraction of sp³-hybridized carbons (Fsp3) is 0.320. The minimum Gasteiger partial charge on any atom is -0.454 e. The first kappa shape index (κ1) is 22.9. The molecule has 1 fully saturated rings. The third-order valence-corrected chi connectivity index (χ3v) is 6.40. The lowest BCUT2D eigenvalue weighted by Crippen LogP contribution is -2.55. The van der Waals surface area contributed by atoms with Crippen molar-refractivity contribution < 1.29 is 28.6 Å². The second kappa shape index (κ2) is 9.67. The van der Waals surface area contributed by atoms with Crippen molar-refractivity contribution in [2.45, 2.75) is 31.2 Å². The van der Waals surface area contributed by atoms with Crippen LogP contribution in [0.3, 0.4) is 0 Å². The number of fused-ring (bicyclic) bond motifs is 1. The van der Waals surface area contributed by atoms with Crippen LogP contribution in [-0.4, -0.2) is 43.0 Å². The summed E-state index contributed by atoms with van der Waals surface area (Å²) >= 11 is 6.42. The van der Waals surface area contributed by atoms with Crippen LogP contribution in [0.1, 0.15) is 36.8 Å². The van der Waals surface area contributed by atoms with Gasteiger partial charge in [-0.25, -0.2) is 4.79 Å². The number of carbonyl (C=O) groups is 3. The van der Waals surface area contributed by atoms with E-state index in [4.69, 9.17) is 25.8 Å². The zero-order valence-corrected chi connectivity index (χ0v) is 19.0. The van der Waals surface area contributed by atoms with Gasteiger partial charge in [0, 0.05) is 30.1 Å². The quantitative estimate of drug-likeness (QED) is 0.467. The van der Waals surface area contributed by atoms with Gasteiger partial charge in [-0.05, 0) is 49.1 Å². The first-order chi connectivity index (χ1) is 15.9. The number of likely N-dealkylation sites (N-methyl/N-ethyl adjacent to an activating group) is 1. The van der Waals surface area contributed by atoms with E-state index in [2.05, 4.69) is 0 Å². The number of ketones is 1. The van der Waals surface area contributed by atoms with E-state index in [1.807, 2.05) is 0 Å². The summed E-state index contributed by atoms with van der Waals surface area (Å²) in [6.07, 6.45) is 5.19. The molecular formula is C25H24ClNO6. The Labute approximate surface area is 196 Å². The second-order valence-corrected chi connectivity index (χ2v) is 8.38. The Morgan fingerprint density at radius 2 is 1.94 bits per heavy atom. The molecule has 0 N–H and O–H groups in total. The Morgan fingerprint density at radius 1 is 1.15 bits per heavy atom. The van der Waals surface area contributed by atoms with Crippen LogP contribution in [0.15, 0.2) is 48.5 Å². The number of hydrogen-bond acceptors (Lipinski definition) is 6. The summed E-state index contributed by atoms with van der Waals surface area (Å²) < 4.78 is 15.7. The Bertz CT molecular complexity index is 1110. The number of amides is 1. The zero-order chi connectivity index (χ0) is 23.4. The van der Waals surface area contributed by atoms with Crippen LogP contribution in [0.25, 0.3) is 6.08 Å². The SMILES string of the molecule is CN(C(=O)COC(=O)/C=C/c1ccc2c(c1)OCO2)C1(c2ccccc2Cl)CCCCC1=O. The van der Waals surface area contributed by atoms with Crippen LogP contribution < -0.4 is 9.47 Å². The molecule has 1 unspecified atom stereocenters. The van der Waals surface area contributed by atoms with Gasteiger partial charge in [0.2, 0.25) is 6.79 Å². The van der Waals surface area contributed by atoms with Crippen molar-refractivity contribution in [1.82, 2.24) is 4.90 Å². The van der Waals surface area contributed by atoms with E-state index in [0.717, 1.165) is 18.4 Å². The number of esters is 1. The van der Waals surface area contributed by atoms with Crippen molar-refractivity contribution in [3.8, 4) is 11.5 Å². The predicted octanol–water partition coefficient (Wildman–Crippen LogP) is 4.12. The van der Waals surface area contributed by atoms with Gasteiger partial charge in [0.05, 0.1) is 0 Å². The number of Topliss-reactive ketones (excluding diaryl/α,β-unsaturated/α-hetero) is 1. The summed E-state index contributed by atoms with van der Waals surface area (Å²) in [5.74, 6) is 0.0373. The number of nitrogens with zero attached hydrogens (tertiary/aromatic N) is 1. The van der Waals surface area contributed by atoms with E-state index in [1.165, 1.54) is 11.0 Å². The third kappa shape index (κ3) is 4.59. The molecule has 1 aliphatic carbocycles. The second-order valence-electron chi connectivity index (χ2n) is 7.98. The van der Waals surface area contributed by atoms with Crippen LogP contribution in [0, 0.1) is 0 Å². The number of rotatable bonds is 6. The average Bonchev–Trinajstić information content (AvgIpc) is 3.29. The predicted molar refractivity (Wildman–Crippen MR) is 122 cm³/mol. The van der Waals surface area contributed by atoms with Gasteiger partial charge < -0.3 is 19.1 Å². The summed E-state index contributed by atoms with van der Waals surface area (Å²) in [5.41, 5.74) is 0.161. The monoisotopic (exact) mass is 469 g/mol. The molecule has 1 saturated carbocycles. The molecule has 2 aromatic carbocycles. The highest BCUT2D eigenvalue weighted by Gasteiger charge is 2.47. The number of halogens is 1. The fourth-order valence-electron chi connectivity index (χ4n) is 4.30. The number of carbonyl (C=O) groups excluding carboxylic acids is 3. The van der Waals surface area contributed by atoms with E-state index in [0.29, 0.717) is 34.9 Å². The molecule has 1 heterocycles. The molecule has 1 atom stereocenters. The summed E-state index contributed by atoms with van der Waals surface area (Å²) in [6.45, 7) is -0.321. The Balaban J connectivity index is 1.44. The highest BCUT2D eigenvalue weighted by Crippen LogP contribution is 2.42. The molecule has 0 bridgehead atoms. The third-order valence-electron chi connectivity index (χ3n) is 6.07. The first-order valence-corrected chi connectivity index (χ1v) is 11.1. The first-order valence-electron chi connectivity index (χ1n) is 10.7. The normalized spacial score (nSPS) is 19.5. The number of ether oxygens (including phenoxy) is 3. The van der Waals surface area contributed by atoms with Gasteiger partial charge >= 0.3 is 5.97 Å². The molecule has 1 amide bonds. The maximum atomic E-state index is 13.1. The molecule has 2 aliphatic rings. The van der Waals surface area contributed by atoms with Crippen LogP contribution in [-0.2, 0) is 24.7 Å². The molecule has 0 aromatic heterocycles. The zero-order valence-electron chi connectivity index (χ0n) is 18.2. The maximum absolute atomic E-state index is 13.1. The van der Waals surface area contributed by atoms with Gasteiger partial charge in [0.15, 0.2) is 23.9 Å². The van der Waals surface area contributed by atoms with Crippen molar-refractivity contribution in [3.05, 3.63) is 64.7 Å². The molecule has 0 saturated heterocycles. The largest absolute Gasteiger partial charge is 0.454 e. The van der Waals surface area contributed by atoms with Gasteiger partial charge in [0.25, 0.3) is 5.91 Å². The number of benzene rings is 2. The van der Waals surface area contributed by atoms with E-state index in [1.54, 1.807) is 55.6 Å². The van der Waals surface area contributed by atoms with Crippen LogP contribution in [0.2, 0.25) is 5.02 Å². The smallest absolute Gasteiger partial charge is 0.331 e. The fourth-order valence-corrected chi connectivity index (χ4v) is 4.59. The highest BCUT2D eigenvalue weighted by atomic mass is 35.5. The van der Waals surface area contributed by atoms with E-state index < -0.39 is 24.0 Å². The Morgan fingerprint density at radius 3 is 2.73 bits per heavy atom. The summed E-state index contributed by atoms with van der Waals surface area (Å²) in [4.78, 5) is 39.7. The molecule has 1 aliphatic heterocycles. The summed E-state index contributed by atoms with van der Waals surface area (Å²) in [7, 11) is 1.56. The Hall–Kier alpha value is -3.32. The number of hydrogen-bond donors (Lipinski definition) is 0. The molecule has 172 valence electrons. The van der Waals surface area contributed by atoms with Gasteiger partial charge in [-0.15, -0.1) is 0 Å². The van der Waals surface area contributed by atoms with Gasteiger partial charge in [0.1, 0.15) is 5.54 Å². The average molecular weight is 470 g/mol. The van der Waals surface area contributed by atoms with Crippen LogP contribution in [0.5, 0.6) is 11.5 Å². The molecular weight excluding hydrogens is 446 g/mol. The van der Waals surface area contributed by atoms with E-state index >= 15 is 0 Å². The van der Waals surface area contributed by atoms with Crippen molar-refractivity contribution in [2.75, 3.05) is 20.4 Å². The lowest BCUT2D eigenvalue weighted by atomic mass is 9.74. The topological polar surface area (TPSA) is 82.1 Å². The van der Waals surface area contributed by atoms with Crippen molar-refractivity contribution in [3.63, 3.8) is 0 Å². The van der Waals surface area contributed by atoms with Crippen LogP contribution >= 0.6 is 11.6 Å². The summed E-state index contributed by atoms with van der Waals surface area (Å²) in [5, 5.41) is 0.427. The lowest BCUT2D eigenvalue weighted by molar-refractivity contribution is -0.155. The van der Waals surface area contributed by atoms with Crippen molar-refractivity contribution >= 4 is 35.3 Å². The molecule has 7 nitrogen and oxygen atoms in total. The van der Waals surface area contributed by atoms with Crippen molar-refractivity contribution in [1.29, 1.82) is 0 Å². The molecule has 4 rings (SSSR count). The van der Waals surface area contributed by atoms with Crippen molar-refractivity contribution in [2.24, 2.45) is 0 Å². The molecule has 2 aromatic rings. The molecule has 0 spiro atoms. The highest BCUT2D eigenvalue weighted by molar-refractivity contribution is 6.31. The van der Waals surface area contributed by atoms with Gasteiger partial charge in [-0.3, -0.25) is 9.59 Å². The van der Waals surface area contributed by atoms with E-state index in [-0.39, 0.29) is 12.6 Å². The maximum Gasteiger partial charge on any atom is 0.331 e.